The number of hydrogen-bond donors (Lipinski definition) is 8. The molecule has 14 heteroatoms. The van der Waals surface area contributed by atoms with Crippen LogP contribution in [-0.4, -0.2) is 95.9 Å². The highest BCUT2D eigenvalue weighted by atomic mass is 32.2. The second kappa shape index (κ2) is 13.1. The van der Waals surface area contributed by atoms with Gasteiger partial charge < -0.3 is 41.3 Å². The highest BCUT2D eigenvalue weighted by Crippen LogP contribution is 2.16. The zero-order valence-electron chi connectivity index (χ0n) is 17.5. The molecule has 32 heavy (non-hydrogen) atoms. The predicted octanol–water partition coefficient (Wildman–Crippen LogP) is -2.49. The van der Waals surface area contributed by atoms with Crippen LogP contribution in [-0.2, 0) is 10.0 Å². The molecule has 0 aliphatic rings. The summed E-state index contributed by atoms with van der Waals surface area (Å²) >= 11 is 0. The number of benzene rings is 1. The summed E-state index contributed by atoms with van der Waals surface area (Å²) in [5, 5.41) is 54.8. The van der Waals surface area contributed by atoms with Gasteiger partial charge in [-0.15, -0.1) is 10.2 Å². The van der Waals surface area contributed by atoms with Crippen LogP contribution in [0.1, 0.15) is 0 Å². The van der Waals surface area contributed by atoms with Crippen LogP contribution in [0.2, 0.25) is 0 Å². The van der Waals surface area contributed by atoms with Crippen LogP contribution in [0, 0.1) is 0 Å². The molecule has 0 spiro atoms. The van der Waals surface area contributed by atoms with E-state index in [0.29, 0.717) is 11.6 Å². The fourth-order valence-electron chi connectivity index (χ4n) is 2.22. The number of nitrogens with one attached hydrogen (secondary N) is 2. The van der Waals surface area contributed by atoms with Gasteiger partial charge in [-0.2, -0.15) is 0 Å². The van der Waals surface area contributed by atoms with E-state index in [1.54, 1.807) is 7.05 Å². The van der Waals surface area contributed by atoms with E-state index in [1.165, 1.54) is 43.5 Å². The maximum atomic E-state index is 12.0. The minimum absolute atomic E-state index is 0.0936. The molecule has 0 aliphatic carbocycles. The van der Waals surface area contributed by atoms with Crippen LogP contribution >= 0.6 is 0 Å². The third kappa shape index (κ3) is 8.51. The van der Waals surface area contributed by atoms with Crippen molar-refractivity contribution in [1.82, 2.24) is 15.5 Å². The summed E-state index contributed by atoms with van der Waals surface area (Å²) in [6.07, 6.45) is -5.65. The first-order valence-electron chi connectivity index (χ1n) is 9.29. The molecule has 1 heterocycles. The molecule has 0 radical (unpaired) electrons. The average Bonchev–Trinajstić information content (AvgIpc) is 2.78. The lowest BCUT2D eigenvalue weighted by molar-refractivity contribution is -0.113. The number of rotatable bonds is 10. The number of likely N-dealkylation sites (N-methyl/N-ethyl adjacent to an activating group) is 1. The van der Waals surface area contributed by atoms with Crippen LogP contribution in [0.3, 0.4) is 0 Å². The average molecular weight is 476 g/mol. The molecule has 2 aromatic rings. The third-order valence-corrected chi connectivity index (χ3v) is 5.39. The van der Waals surface area contributed by atoms with Gasteiger partial charge in [0.05, 0.1) is 24.7 Å². The molecule has 0 amide bonds. The monoisotopic (exact) mass is 475 g/mol. The SMILES string of the molecule is CNCC(O)C(O)C(O)C(O)CO.COc1ccc(NS(=O)(=O)c2ccc(N)cc2)nn1. The number of ether oxygens (including phenoxy) is 1. The number of hydrogen-bond acceptors (Lipinski definition) is 12. The molecule has 4 unspecified atom stereocenters. The lowest BCUT2D eigenvalue weighted by Crippen LogP contribution is -2.48. The van der Waals surface area contributed by atoms with Crippen molar-refractivity contribution in [2.45, 2.75) is 29.3 Å². The quantitative estimate of drug-likeness (QED) is 0.167. The largest absolute Gasteiger partial charge is 0.480 e. The topological polar surface area (TPSA) is 220 Å². The van der Waals surface area contributed by atoms with Gasteiger partial charge >= 0.3 is 0 Å². The number of aliphatic hydroxyl groups excluding tert-OH is 5. The first-order valence-corrected chi connectivity index (χ1v) is 10.8. The summed E-state index contributed by atoms with van der Waals surface area (Å²) in [6, 6.07) is 8.81. The first-order chi connectivity index (χ1) is 15.0. The molecule has 0 saturated carbocycles. The van der Waals surface area contributed by atoms with Crippen molar-refractivity contribution in [1.29, 1.82) is 0 Å². The fourth-order valence-corrected chi connectivity index (χ4v) is 3.22. The minimum atomic E-state index is -3.70. The Morgan fingerprint density at radius 3 is 2.06 bits per heavy atom. The maximum Gasteiger partial charge on any atom is 0.263 e. The van der Waals surface area contributed by atoms with E-state index in [1.807, 2.05) is 0 Å². The molecule has 9 N–H and O–H groups in total. The molecule has 0 saturated heterocycles. The summed E-state index contributed by atoms with van der Waals surface area (Å²) in [7, 11) is -0.678. The zero-order chi connectivity index (χ0) is 24.3. The minimum Gasteiger partial charge on any atom is -0.480 e. The molecule has 180 valence electrons. The Labute approximate surface area is 185 Å². The van der Waals surface area contributed by atoms with Gasteiger partial charge in [0.25, 0.3) is 10.0 Å². The number of aliphatic hydroxyl groups is 5. The van der Waals surface area contributed by atoms with E-state index in [2.05, 4.69) is 20.2 Å². The third-order valence-electron chi connectivity index (χ3n) is 4.02. The van der Waals surface area contributed by atoms with Gasteiger partial charge in [0.15, 0.2) is 5.82 Å². The Morgan fingerprint density at radius 2 is 1.59 bits per heavy atom. The van der Waals surface area contributed by atoms with Crippen LogP contribution < -0.4 is 20.5 Å². The van der Waals surface area contributed by atoms with E-state index in [0.717, 1.165) is 0 Å². The van der Waals surface area contributed by atoms with E-state index < -0.39 is 41.0 Å². The van der Waals surface area contributed by atoms with Crippen molar-refractivity contribution < 1.29 is 38.7 Å². The van der Waals surface area contributed by atoms with E-state index >= 15 is 0 Å². The van der Waals surface area contributed by atoms with Crippen molar-refractivity contribution in [3.8, 4) is 5.88 Å². The number of methoxy groups -OCH3 is 1. The smallest absolute Gasteiger partial charge is 0.263 e. The standard InChI is InChI=1S/C11H12N4O3S.C7H17NO5/c1-18-11-7-6-10(13-14-11)15-19(16,17)9-4-2-8(12)3-5-9;1-8-2-4(10)6(12)7(13)5(11)3-9/h2-7H,12H2,1H3,(H,13,15);4-13H,2-3H2,1H3. The van der Waals surface area contributed by atoms with Gasteiger partial charge in [-0.3, -0.25) is 4.72 Å². The summed E-state index contributed by atoms with van der Waals surface area (Å²) in [4.78, 5) is 0.0966. The Balaban J connectivity index is 0.000000347. The number of nitrogens with two attached hydrogens (primary N) is 1. The van der Waals surface area contributed by atoms with Gasteiger partial charge in [0.1, 0.15) is 18.3 Å². The van der Waals surface area contributed by atoms with Gasteiger partial charge in [0, 0.05) is 18.3 Å². The highest BCUT2D eigenvalue weighted by molar-refractivity contribution is 7.92. The van der Waals surface area contributed by atoms with Crippen LogP contribution in [0.4, 0.5) is 11.5 Å². The van der Waals surface area contributed by atoms with E-state index in [4.69, 9.17) is 30.9 Å². The van der Waals surface area contributed by atoms with Gasteiger partial charge in [-0.05, 0) is 37.4 Å². The van der Waals surface area contributed by atoms with Crippen molar-refractivity contribution in [2.75, 3.05) is 37.8 Å². The Bertz CT molecular complexity index is 899. The van der Waals surface area contributed by atoms with E-state index in [-0.39, 0.29) is 17.3 Å². The van der Waals surface area contributed by atoms with Crippen molar-refractivity contribution in [3.63, 3.8) is 0 Å². The molecule has 4 atom stereocenters. The van der Waals surface area contributed by atoms with Crippen LogP contribution in [0.15, 0.2) is 41.3 Å². The second-order valence-electron chi connectivity index (χ2n) is 6.49. The molecule has 13 nitrogen and oxygen atoms in total. The molecule has 0 aliphatic heterocycles. The van der Waals surface area contributed by atoms with Crippen LogP contribution in [0.5, 0.6) is 5.88 Å². The molecule has 1 aromatic carbocycles. The van der Waals surface area contributed by atoms with Gasteiger partial charge in [0.2, 0.25) is 5.88 Å². The summed E-state index contributed by atoms with van der Waals surface area (Å²) in [6.45, 7) is -0.569. The number of anilines is 2. The molecule has 2 rings (SSSR count). The lowest BCUT2D eigenvalue weighted by Gasteiger charge is -2.25. The van der Waals surface area contributed by atoms with Crippen LogP contribution in [0.25, 0.3) is 0 Å². The molecule has 1 aromatic heterocycles. The normalized spacial score (nSPS) is 15.0. The Morgan fingerprint density at radius 1 is 1.00 bits per heavy atom. The van der Waals surface area contributed by atoms with E-state index in [9.17, 15) is 13.5 Å². The summed E-state index contributed by atoms with van der Waals surface area (Å²) in [5.74, 6) is 0.410. The molecule has 0 fully saturated rings. The van der Waals surface area contributed by atoms with Crippen molar-refractivity contribution in [3.05, 3.63) is 36.4 Å². The predicted molar refractivity (Wildman–Crippen MR) is 115 cm³/mol. The van der Waals surface area contributed by atoms with Crippen molar-refractivity contribution >= 4 is 21.5 Å². The Hall–Kier alpha value is -2.59. The summed E-state index contributed by atoms with van der Waals surface area (Å²) < 4.78 is 31.2. The molecular weight excluding hydrogens is 446 g/mol. The number of sulfonamides is 1. The molecular formula is C18H29N5O8S. The molecule has 0 bridgehead atoms. The fraction of sp³-hybridized carbons (Fsp3) is 0.444. The van der Waals surface area contributed by atoms with Gasteiger partial charge in [-0.1, -0.05) is 0 Å². The maximum absolute atomic E-state index is 12.0. The summed E-state index contributed by atoms with van der Waals surface area (Å²) in [5.41, 5.74) is 5.99. The number of aromatic nitrogens is 2. The Kier molecular flexibility index (Phi) is 11.2. The first kappa shape index (κ1) is 27.4. The number of nitrogen functional groups attached to an aromatic ring is 1. The zero-order valence-corrected chi connectivity index (χ0v) is 18.3. The van der Waals surface area contributed by atoms with Gasteiger partial charge in [-0.25, -0.2) is 8.42 Å². The van der Waals surface area contributed by atoms with Crippen molar-refractivity contribution in [2.24, 2.45) is 0 Å². The second-order valence-corrected chi connectivity index (χ2v) is 8.17. The highest BCUT2D eigenvalue weighted by Gasteiger charge is 2.29. The lowest BCUT2D eigenvalue weighted by atomic mass is 10.0. The number of nitrogens with zero attached hydrogens (tertiary/aromatic N) is 2.